The fourth-order valence-corrected chi connectivity index (χ4v) is 1.79. The van der Waals surface area contributed by atoms with Gasteiger partial charge in [-0.1, -0.05) is 30.3 Å². The summed E-state index contributed by atoms with van der Waals surface area (Å²) in [5.74, 6) is -0.819. The van der Waals surface area contributed by atoms with Gasteiger partial charge in [0.1, 0.15) is 6.54 Å². The van der Waals surface area contributed by atoms with Gasteiger partial charge in [0.15, 0.2) is 0 Å². The third kappa shape index (κ3) is 5.58. The number of nitrogens with zero attached hydrogens (tertiary/aromatic N) is 1. The monoisotopic (exact) mass is 290 g/mol. The smallest absolute Gasteiger partial charge is 0.395 e. The summed E-state index contributed by atoms with van der Waals surface area (Å²) in [7, 11) is 0. The van der Waals surface area contributed by atoms with E-state index in [4.69, 9.17) is 10.8 Å². The molecule has 0 saturated carbocycles. The van der Waals surface area contributed by atoms with Gasteiger partial charge >= 0.3 is 6.18 Å². The average molecular weight is 290 g/mol. The van der Waals surface area contributed by atoms with Crippen molar-refractivity contribution in [2.75, 3.05) is 19.7 Å². The zero-order valence-electron chi connectivity index (χ0n) is 10.8. The van der Waals surface area contributed by atoms with Crippen LogP contribution in [0.5, 0.6) is 0 Å². The van der Waals surface area contributed by atoms with Gasteiger partial charge in [-0.05, 0) is 12.0 Å². The molecule has 3 N–H and O–H groups in total. The molecule has 0 radical (unpaired) electrons. The molecule has 0 aliphatic rings. The largest absolute Gasteiger partial charge is 0.406 e. The van der Waals surface area contributed by atoms with E-state index in [2.05, 4.69) is 0 Å². The molecule has 1 rings (SSSR count). The quantitative estimate of drug-likeness (QED) is 0.819. The van der Waals surface area contributed by atoms with E-state index in [0.717, 1.165) is 5.56 Å². The zero-order chi connectivity index (χ0) is 15.2. The number of aliphatic hydroxyl groups is 1. The number of hydrogen-bond donors (Lipinski definition) is 2. The second-order valence-corrected chi connectivity index (χ2v) is 4.39. The molecule has 0 spiro atoms. The van der Waals surface area contributed by atoms with Gasteiger partial charge in [-0.15, -0.1) is 0 Å². The molecule has 112 valence electrons. The summed E-state index contributed by atoms with van der Waals surface area (Å²) in [5.41, 5.74) is 6.43. The van der Waals surface area contributed by atoms with Crippen molar-refractivity contribution in [3.05, 3.63) is 35.9 Å². The van der Waals surface area contributed by atoms with Gasteiger partial charge in [-0.25, -0.2) is 0 Å². The maximum atomic E-state index is 12.4. The molecule has 1 atom stereocenters. The number of alkyl halides is 3. The minimum absolute atomic E-state index is 0.152. The van der Waals surface area contributed by atoms with E-state index in [1.54, 1.807) is 30.3 Å². The Morgan fingerprint density at radius 3 is 2.40 bits per heavy atom. The van der Waals surface area contributed by atoms with Crippen molar-refractivity contribution in [3.63, 3.8) is 0 Å². The predicted molar refractivity (Wildman–Crippen MR) is 67.8 cm³/mol. The average Bonchev–Trinajstić information content (AvgIpc) is 2.37. The summed E-state index contributed by atoms with van der Waals surface area (Å²) in [6.45, 7) is -2.34. The molecule has 4 nitrogen and oxygen atoms in total. The molecular formula is C13H17F3N2O2. The first-order valence-electron chi connectivity index (χ1n) is 6.09. The van der Waals surface area contributed by atoms with E-state index >= 15 is 0 Å². The molecule has 1 amide bonds. The standard InChI is InChI=1S/C13H17F3N2O2/c14-13(15,16)9-18(6-7-19)12(20)11(17)8-10-4-2-1-3-5-10/h1-5,11,19H,6-9,17H2. The SMILES string of the molecule is NC(Cc1ccccc1)C(=O)N(CCO)CC(F)(F)F. The van der Waals surface area contributed by atoms with Crippen LogP contribution in [0.1, 0.15) is 5.56 Å². The summed E-state index contributed by atoms with van der Waals surface area (Å²) >= 11 is 0. The van der Waals surface area contributed by atoms with E-state index in [-0.39, 0.29) is 13.0 Å². The Bertz CT molecular complexity index is 423. The molecule has 7 heteroatoms. The zero-order valence-corrected chi connectivity index (χ0v) is 10.8. The molecule has 1 aromatic carbocycles. The number of amides is 1. The fraction of sp³-hybridized carbons (Fsp3) is 0.462. The van der Waals surface area contributed by atoms with Crippen LogP contribution in [0.2, 0.25) is 0 Å². The Morgan fingerprint density at radius 2 is 1.90 bits per heavy atom. The van der Waals surface area contributed by atoms with Crippen molar-refractivity contribution in [1.82, 2.24) is 4.90 Å². The van der Waals surface area contributed by atoms with Crippen LogP contribution in [0.15, 0.2) is 30.3 Å². The minimum atomic E-state index is -4.52. The van der Waals surface area contributed by atoms with Crippen LogP contribution in [0, 0.1) is 0 Å². The van der Waals surface area contributed by atoms with E-state index < -0.39 is 31.3 Å². The van der Waals surface area contributed by atoms with E-state index in [1.165, 1.54) is 0 Å². The highest BCUT2D eigenvalue weighted by atomic mass is 19.4. The van der Waals surface area contributed by atoms with Crippen molar-refractivity contribution in [2.45, 2.75) is 18.6 Å². The van der Waals surface area contributed by atoms with Gasteiger partial charge in [-0.2, -0.15) is 13.2 Å². The van der Waals surface area contributed by atoms with Crippen LogP contribution >= 0.6 is 0 Å². The van der Waals surface area contributed by atoms with Gasteiger partial charge in [-0.3, -0.25) is 4.79 Å². The van der Waals surface area contributed by atoms with Crippen LogP contribution in [0.25, 0.3) is 0 Å². The number of halogens is 3. The fourth-order valence-electron chi connectivity index (χ4n) is 1.79. The molecule has 0 fully saturated rings. The second-order valence-electron chi connectivity index (χ2n) is 4.39. The number of rotatable bonds is 6. The maximum Gasteiger partial charge on any atom is 0.406 e. The van der Waals surface area contributed by atoms with Gasteiger partial charge < -0.3 is 15.7 Å². The van der Waals surface area contributed by atoms with Crippen molar-refractivity contribution in [3.8, 4) is 0 Å². The topological polar surface area (TPSA) is 66.6 Å². The minimum Gasteiger partial charge on any atom is -0.395 e. The van der Waals surface area contributed by atoms with E-state index in [1.807, 2.05) is 0 Å². The Kier molecular flexibility index (Phi) is 5.97. The summed E-state index contributed by atoms with van der Waals surface area (Å²) < 4.78 is 37.1. The predicted octanol–water partition coefficient (Wildman–Crippen LogP) is 0.940. The first-order valence-corrected chi connectivity index (χ1v) is 6.09. The third-order valence-corrected chi connectivity index (χ3v) is 2.67. The Labute approximate surface area is 115 Å². The molecule has 0 aromatic heterocycles. The number of carbonyl (C=O) groups excluding carboxylic acids is 1. The molecule has 1 aromatic rings. The Hall–Kier alpha value is -1.60. The Balaban J connectivity index is 2.68. The van der Waals surface area contributed by atoms with Gasteiger partial charge in [0.05, 0.1) is 12.6 Å². The maximum absolute atomic E-state index is 12.4. The number of benzene rings is 1. The normalized spacial score (nSPS) is 13.1. The molecule has 1 unspecified atom stereocenters. The van der Waals surface area contributed by atoms with Crippen molar-refractivity contribution in [2.24, 2.45) is 5.73 Å². The van der Waals surface area contributed by atoms with Gasteiger partial charge in [0.2, 0.25) is 5.91 Å². The molecular weight excluding hydrogens is 273 g/mol. The molecule has 0 saturated heterocycles. The number of aliphatic hydroxyl groups excluding tert-OH is 1. The van der Waals surface area contributed by atoms with Crippen LogP contribution < -0.4 is 5.73 Å². The third-order valence-electron chi connectivity index (χ3n) is 2.67. The molecule has 20 heavy (non-hydrogen) atoms. The second kappa shape index (κ2) is 7.25. The highest BCUT2D eigenvalue weighted by Crippen LogP contribution is 2.17. The number of nitrogens with two attached hydrogens (primary N) is 1. The number of carbonyl (C=O) groups is 1. The van der Waals surface area contributed by atoms with E-state index in [0.29, 0.717) is 4.90 Å². The van der Waals surface area contributed by atoms with Crippen LogP contribution in [-0.4, -0.2) is 47.8 Å². The van der Waals surface area contributed by atoms with Crippen molar-refractivity contribution in [1.29, 1.82) is 0 Å². The summed E-state index contributed by atoms with van der Waals surface area (Å²) in [5, 5.41) is 8.75. The molecule has 0 aliphatic heterocycles. The Morgan fingerprint density at radius 1 is 1.30 bits per heavy atom. The van der Waals surface area contributed by atoms with Gasteiger partial charge in [0, 0.05) is 6.54 Å². The van der Waals surface area contributed by atoms with Crippen LogP contribution in [0.3, 0.4) is 0 Å². The lowest BCUT2D eigenvalue weighted by molar-refractivity contribution is -0.162. The van der Waals surface area contributed by atoms with Gasteiger partial charge in [0.25, 0.3) is 0 Å². The van der Waals surface area contributed by atoms with Crippen LogP contribution in [-0.2, 0) is 11.2 Å². The van der Waals surface area contributed by atoms with E-state index in [9.17, 15) is 18.0 Å². The summed E-state index contributed by atoms with van der Waals surface area (Å²) in [6.07, 6.45) is -4.36. The lowest BCUT2D eigenvalue weighted by atomic mass is 10.1. The first kappa shape index (κ1) is 16.5. The van der Waals surface area contributed by atoms with Crippen molar-refractivity contribution >= 4 is 5.91 Å². The molecule has 0 heterocycles. The summed E-state index contributed by atoms with van der Waals surface area (Å²) in [4.78, 5) is 12.4. The highest BCUT2D eigenvalue weighted by Gasteiger charge is 2.34. The first-order chi connectivity index (χ1) is 9.33. The van der Waals surface area contributed by atoms with Crippen LogP contribution in [0.4, 0.5) is 13.2 Å². The lowest BCUT2D eigenvalue weighted by Gasteiger charge is -2.26. The lowest BCUT2D eigenvalue weighted by Crippen LogP contribution is -2.49. The highest BCUT2D eigenvalue weighted by molar-refractivity contribution is 5.82. The molecule has 0 aliphatic carbocycles. The summed E-state index contributed by atoms with van der Waals surface area (Å²) in [6, 6.07) is 7.73. The van der Waals surface area contributed by atoms with Crippen molar-refractivity contribution < 1.29 is 23.1 Å². The number of hydrogen-bond acceptors (Lipinski definition) is 3. The molecule has 0 bridgehead atoms.